The summed E-state index contributed by atoms with van der Waals surface area (Å²) in [5.74, 6) is 0.137. The molecule has 3 aromatic rings. The number of nitrogens with zero attached hydrogens (tertiary/aromatic N) is 5. The third-order valence-electron chi connectivity index (χ3n) is 5.01. The molecule has 2 amide bonds. The number of nitrogens with one attached hydrogen (secondary N) is 1. The molecular formula is C21H22N6O4. The van der Waals surface area contributed by atoms with Crippen LogP contribution in [0.1, 0.15) is 27.3 Å². The molecule has 1 aromatic carbocycles. The zero-order valence-electron chi connectivity index (χ0n) is 17.2. The molecule has 0 atom stereocenters. The van der Waals surface area contributed by atoms with Gasteiger partial charge in [0.1, 0.15) is 17.8 Å². The van der Waals surface area contributed by atoms with Gasteiger partial charge in [-0.15, -0.1) is 5.10 Å². The van der Waals surface area contributed by atoms with Gasteiger partial charge in [-0.2, -0.15) is 4.98 Å². The van der Waals surface area contributed by atoms with Gasteiger partial charge in [0.15, 0.2) is 0 Å². The fourth-order valence-electron chi connectivity index (χ4n) is 3.38. The van der Waals surface area contributed by atoms with E-state index >= 15 is 0 Å². The lowest BCUT2D eigenvalue weighted by Gasteiger charge is -2.27. The lowest BCUT2D eigenvalue weighted by Crippen LogP contribution is -2.39. The molecule has 3 heterocycles. The second-order valence-corrected chi connectivity index (χ2v) is 6.97. The van der Waals surface area contributed by atoms with Gasteiger partial charge in [-0.1, -0.05) is 35.5 Å². The first kappa shape index (κ1) is 20.3. The molecular weight excluding hydrogens is 400 g/mol. The summed E-state index contributed by atoms with van der Waals surface area (Å²) in [6.07, 6.45) is 0. The summed E-state index contributed by atoms with van der Waals surface area (Å²) >= 11 is 0. The van der Waals surface area contributed by atoms with Gasteiger partial charge in [0.2, 0.25) is 17.7 Å². The quantitative estimate of drug-likeness (QED) is 0.608. The molecule has 31 heavy (non-hydrogen) atoms. The van der Waals surface area contributed by atoms with Crippen LogP contribution in [0.2, 0.25) is 0 Å². The fourth-order valence-corrected chi connectivity index (χ4v) is 3.38. The first-order chi connectivity index (χ1) is 15.1. The molecule has 0 spiro atoms. The van der Waals surface area contributed by atoms with Crippen molar-refractivity contribution in [2.45, 2.75) is 26.2 Å². The van der Waals surface area contributed by atoms with Crippen LogP contribution in [0, 0.1) is 0 Å². The second-order valence-electron chi connectivity index (χ2n) is 6.97. The maximum atomic E-state index is 12.7. The SMILES string of the molecule is COc1ccc(C(=O)NCc2nnn3c2CN(Cc2ccccc2)C(=O)C3)c(OC)n1. The molecule has 0 saturated heterocycles. The molecule has 1 aliphatic rings. The van der Waals surface area contributed by atoms with Crippen molar-refractivity contribution in [1.29, 1.82) is 0 Å². The lowest BCUT2D eigenvalue weighted by atomic mass is 10.1. The van der Waals surface area contributed by atoms with Gasteiger partial charge in [0, 0.05) is 12.6 Å². The normalized spacial score (nSPS) is 13.0. The molecule has 4 rings (SSSR count). The summed E-state index contributed by atoms with van der Waals surface area (Å²) < 4.78 is 11.8. The molecule has 1 aliphatic heterocycles. The summed E-state index contributed by atoms with van der Waals surface area (Å²) in [6.45, 7) is 1.17. The number of fused-ring (bicyclic) bond motifs is 1. The van der Waals surface area contributed by atoms with Crippen molar-refractivity contribution in [3.8, 4) is 11.8 Å². The van der Waals surface area contributed by atoms with Crippen LogP contribution in [-0.4, -0.2) is 50.9 Å². The van der Waals surface area contributed by atoms with Crippen LogP contribution >= 0.6 is 0 Å². The van der Waals surface area contributed by atoms with Crippen molar-refractivity contribution in [3.05, 3.63) is 65.0 Å². The summed E-state index contributed by atoms with van der Waals surface area (Å²) in [5.41, 5.74) is 2.74. The summed E-state index contributed by atoms with van der Waals surface area (Å²) in [4.78, 5) is 31.0. The first-order valence-electron chi connectivity index (χ1n) is 9.69. The van der Waals surface area contributed by atoms with E-state index in [4.69, 9.17) is 9.47 Å². The van der Waals surface area contributed by atoms with Gasteiger partial charge in [-0.05, 0) is 11.6 Å². The van der Waals surface area contributed by atoms with Gasteiger partial charge in [-0.3, -0.25) is 9.59 Å². The number of hydrogen-bond donors (Lipinski definition) is 1. The predicted molar refractivity (Wildman–Crippen MR) is 109 cm³/mol. The van der Waals surface area contributed by atoms with Crippen LogP contribution < -0.4 is 14.8 Å². The zero-order valence-corrected chi connectivity index (χ0v) is 17.2. The summed E-state index contributed by atoms with van der Waals surface area (Å²) in [7, 11) is 2.93. The molecule has 10 heteroatoms. The minimum atomic E-state index is -0.359. The molecule has 0 fully saturated rings. The number of rotatable bonds is 7. The number of carbonyl (C=O) groups excluding carboxylic acids is 2. The Morgan fingerprint density at radius 3 is 2.65 bits per heavy atom. The topological polar surface area (TPSA) is 111 Å². The highest BCUT2D eigenvalue weighted by atomic mass is 16.5. The molecule has 2 aromatic heterocycles. The van der Waals surface area contributed by atoms with Gasteiger partial charge >= 0.3 is 0 Å². The monoisotopic (exact) mass is 422 g/mol. The standard InChI is InChI=1S/C21H22N6O4/c1-30-18-9-8-15(21(23-18)31-2)20(29)22-10-16-17-12-26(11-14-6-4-3-5-7-14)19(28)13-27(17)25-24-16/h3-9H,10-13H2,1-2H3,(H,22,29). The fraction of sp³-hybridized carbons (Fsp3) is 0.286. The third-order valence-corrected chi connectivity index (χ3v) is 5.01. The first-order valence-corrected chi connectivity index (χ1v) is 9.69. The number of amides is 2. The van der Waals surface area contributed by atoms with Crippen LogP contribution in [0.4, 0.5) is 0 Å². The van der Waals surface area contributed by atoms with E-state index in [0.717, 1.165) is 11.3 Å². The van der Waals surface area contributed by atoms with E-state index in [1.807, 2.05) is 30.3 Å². The third kappa shape index (κ3) is 4.32. The number of pyridine rings is 1. The second kappa shape index (κ2) is 8.82. The number of hydrogen-bond acceptors (Lipinski definition) is 7. The van der Waals surface area contributed by atoms with Crippen LogP contribution in [0.25, 0.3) is 0 Å². The molecule has 10 nitrogen and oxygen atoms in total. The Bertz CT molecular complexity index is 1100. The van der Waals surface area contributed by atoms with Gasteiger partial charge in [-0.25, -0.2) is 4.68 Å². The Labute approximate surface area is 178 Å². The Balaban J connectivity index is 1.46. The van der Waals surface area contributed by atoms with Crippen molar-refractivity contribution in [2.24, 2.45) is 0 Å². The molecule has 0 unspecified atom stereocenters. The molecule has 0 bridgehead atoms. The Morgan fingerprint density at radius 1 is 1.10 bits per heavy atom. The van der Waals surface area contributed by atoms with Crippen molar-refractivity contribution >= 4 is 11.8 Å². The van der Waals surface area contributed by atoms with E-state index in [0.29, 0.717) is 24.7 Å². The van der Waals surface area contributed by atoms with Crippen molar-refractivity contribution in [3.63, 3.8) is 0 Å². The number of methoxy groups -OCH3 is 2. The summed E-state index contributed by atoms with van der Waals surface area (Å²) in [5, 5.41) is 11.1. The highest BCUT2D eigenvalue weighted by Crippen LogP contribution is 2.21. The number of carbonyl (C=O) groups is 2. The molecule has 0 radical (unpaired) electrons. The van der Waals surface area contributed by atoms with E-state index in [-0.39, 0.29) is 36.3 Å². The van der Waals surface area contributed by atoms with E-state index in [1.165, 1.54) is 14.2 Å². The minimum Gasteiger partial charge on any atom is -0.481 e. The Morgan fingerprint density at radius 2 is 1.90 bits per heavy atom. The maximum Gasteiger partial charge on any atom is 0.257 e. The highest BCUT2D eigenvalue weighted by Gasteiger charge is 2.27. The van der Waals surface area contributed by atoms with E-state index in [1.54, 1.807) is 21.7 Å². The van der Waals surface area contributed by atoms with E-state index < -0.39 is 0 Å². The van der Waals surface area contributed by atoms with E-state index in [9.17, 15) is 9.59 Å². The smallest absolute Gasteiger partial charge is 0.257 e. The Kier molecular flexibility index (Phi) is 5.78. The van der Waals surface area contributed by atoms with Crippen molar-refractivity contribution in [2.75, 3.05) is 14.2 Å². The van der Waals surface area contributed by atoms with Crippen LogP contribution in [0.3, 0.4) is 0 Å². The zero-order chi connectivity index (χ0) is 21.8. The molecule has 160 valence electrons. The van der Waals surface area contributed by atoms with Crippen LogP contribution in [-0.2, 0) is 31.0 Å². The van der Waals surface area contributed by atoms with E-state index in [2.05, 4.69) is 20.6 Å². The van der Waals surface area contributed by atoms with Gasteiger partial charge < -0.3 is 19.7 Å². The maximum absolute atomic E-state index is 12.7. The Hall–Kier alpha value is -3.95. The molecule has 1 N–H and O–H groups in total. The van der Waals surface area contributed by atoms with Gasteiger partial charge in [0.25, 0.3) is 5.91 Å². The minimum absolute atomic E-state index is 0.0223. The average molecular weight is 422 g/mol. The predicted octanol–water partition coefficient (Wildman–Crippen LogP) is 1.16. The average Bonchev–Trinajstić information content (AvgIpc) is 3.19. The highest BCUT2D eigenvalue weighted by molar-refractivity contribution is 5.96. The number of ether oxygens (including phenoxy) is 2. The van der Waals surface area contributed by atoms with Gasteiger partial charge in [0.05, 0.1) is 33.0 Å². The van der Waals surface area contributed by atoms with Crippen LogP contribution in [0.5, 0.6) is 11.8 Å². The van der Waals surface area contributed by atoms with Crippen molar-refractivity contribution in [1.82, 2.24) is 30.2 Å². The van der Waals surface area contributed by atoms with Crippen molar-refractivity contribution < 1.29 is 19.1 Å². The molecule has 0 aliphatic carbocycles. The summed E-state index contributed by atoms with van der Waals surface area (Å²) in [6, 6.07) is 13.0. The largest absolute Gasteiger partial charge is 0.481 e. The number of aromatic nitrogens is 4. The number of benzene rings is 1. The molecule has 0 saturated carbocycles. The lowest BCUT2D eigenvalue weighted by molar-refractivity contribution is -0.135. The van der Waals surface area contributed by atoms with Crippen LogP contribution in [0.15, 0.2) is 42.5 Å².